The van der Waals surface area contributed by atoms with Crippen molar-refractivity contribution in [2.75, 3.05) is 11.1 Å². The molecule has 7 heteroatoms. The molecule has 2 aromatic heterocycles. The number of anilines is 1. The van der Waals surface area contributed by atoms with Crippen LogP contribution in [0.3, 0.4) is 0 Å². The minimum atomic E-state index is -0.0971. The fourth-order valence-electron chi connectivity index (χ4n) is 3.14. The molecule has 0 saturated carbocycles. The normalized spacial score (nSPS) is 11.1. The second-order valence-corrected chi connectivity index (χ2v) is 9.29. The maximum atomic E-state index is 12.5. The molecule has 0 bridgehead atoms. The number of halogens is 1. The highest BCUT2D eigenvalue weighted by Gasteiger charge is 2.15. The molecule has 4 rings (SSSR count). The molecular weight excluding hydrogens is 434 g/mol. The average molecular weight is 454 g/mol. The van der Waals surface area contributed by atoms with Crippen molar-refractivity contribution in [2.24, 2.45) is 0 Å². The maximum absolute atomic E-state index is 12.5. The quantitative estimate of drug-likeness (QED) is 0.271. The van der Waals surface area contributed by atoms with Crippen LogP contribution in [0.25, 0.3) is 21.3 Å². The number of thioether (sulfide) groups is 1. The minimum Gasteiger partial charge on any atom is -0.325 e. The van der Waals surface area contributed by atoms with Gasteiger partial charge in [-0.2, -0.15) is 0 Å². The van der Waals surface area contributed by atoms with Crippen molar-refractivity contribution in [3.63, 3.8) is 0 Å². The Kier molecular flexibility index (Phi) is 6.09. The second kappa shape index (κ2) is 8.76. The summed E-state index contributed by atoms with van der Waals surface area (Å²) in [5.74, 6) is 0.153. The molecule has 152 valence electrons. The fraction of sp³-hybridized carbons (Fsp3) is 0.174. The molecule has 0 fully saturated rings. The van der Waals surface area contributed by atoms with Crippen molar-refractivity contribution in [2.45, 2.75) is 25.8 Å². The number of benzene rings is 2. The van der Waals surface area contributed by atoms with Crippen LogP contribution in [-0.4, -0.2) is 21.6 Å². The van der Waals surface area contributed by atoms with Crippen LogP contribution in [-0.2, 0) is 4.79 Å². The van der Waals surface area contributed by atoms with Gasteiger partial charge < -0.3 is 5.32 Å². The van der Waals surface area contributed by atoms with E-state index < -0.39 is 0 Å². The first-order valence-electron chi connectivity index (χ1n) is 9.41. The first-order chi connectivity index (χ1) is 14.4. The second-order valence-electron chi connectivity index (χ2n) is 7.06. The van der Waals surface area contributed by atoms with Gasteiger partial charge >= 0.3 is 0 Å². The zero-order valence-electron chi connectivity index (χ0n) is 16.8. The van der Waals surface area contributed by atoms with Crippen molar-refractivity contribution in [3.05, 3.63) is 69.8 Å². The Morgan fingerprint density at radius 3 is 2.77 bits per heavy atom. The molecule has 1 N–H and O–H groups in total. The molecule has 1 amide bonds. The Morgan fingerprint density at radius 1 is 1.13 bits per heavy atom. The van der Waals surface area contributed by atoms with Crippen LogP contribution in [0, 0.1) is 20.8 Å². The summed E-state index contributed by atoms with van der Waals surface area (Å²) in [6.07, 6.45) is 1.56. The van der Waals surface area contributed by atoms with Gasteiger partial charge in [0, 0.05) is 21.7 Å². The van der Waals surface area contributed by atoms with Crippen LogP contribution < -0.4 is 5.32 Å². The molecule has 0 aliphatic carbocycles. The predicted octanol–water partition coefficient (Wildman–Crippen LogP) is 6.67. The molecule has 0 aliphatic heterocycles. The smallest absolute Gasteiger partial charge is 0.234 e. The number of rotatable bonds is 5. The highest BCUT2D eigenvalue weighted by atomic mass is 35.5. The lowest BCUT2D eigenvalue weighted by Crippen LogP contribution is -2.15. The Hall–Kier alpha value is -2.41. The number of carbonyl (C=O) groups excluding carboxylic acids is 1. The van der Waals surface area contributed by atoms with Gasteiger partial charge in [-0.3, -0.25) is 4.79 Å². The van der Waals surface area contributed by atoms with Crippen molar-refractivity contribution in [1.82, 2.24) is 9.97 Å². The molecular formula is C23H20ClN3OS2. The first-order valence-corrected chi connectivity index (χ1v) is 11.7. The molecule has 0 unspecified atom stereocenters. The number of amides is 1. The largest absolute Gasteiger partial charge is 0.325 e. The topological polar surface area (TPSA) is 54.9 Å². The third kappa shape index (κ3) is 4.21. The molecule has 4 aromatic rings. The summed E-state index contributed by atoms with van der Waals surface area (Å²) in [7, 11) is 0. The van der Waals surface area contributed by atoms with Gasteiger partial charge in [0.1, 0.15) is 16.2 Å². The molecule has 0 spiro atoms. The van der Waals surface area contributed by atoms with Crippen molar-refractivity contribution >= 4 is 56.5 Å². The summed E-state index contributed by atoms with van der Waals surface area (Å²) in [5, 5.41) is 7.50. The van der Waals surface area contributed by atoms with E-state index in [1.54, 1.807) is 17.7 Å². The van der Waals surface area contributed by atoms with Gasteiger partial charge in [-0.05, 0) is 55.2 Å². The first kappa shape index (κ1) is 20.8. The number of fused-ring (bicyclic) bond motifs is 1. The van der Waals surface area contributed by atoms with E-state index in [9.17, 15) is 4.79 Å². The zero-order chi connectivity index (χ0) is 21.3. The third-order valence-electron chi connectivity index (χ3n) is 5.04. The van der Waals surface area contributed by atoms with Crippen LogP contribution >= 0.6 is 34.7 Å². The summed E-state index contributed by atoms with van der Waals surface area (Å²) in [6, 6.07) is 11.9. The Balaban J connectivity index is 1.58. The minimum absolute atomic E-state index is 0.0971. The van der Waals surface area contributed by atoms with E-state index in [-0.39, 0.29) is 11.7 Å². The number of aromatic nitrogens is 2. The molecule has 0 radical (unpaired) electrons. The van der Waals surface area contributed by atoms with Crippen molar-refractivity contribution in [1.29, 1.82) is 0 Å². The van der Waals surface area contributed by atoms with Gasteiger partial charge in [-0.1, -0.05) is 47.6 Å². The fourth-order valence-corrected chi connectivity index (χ4v) is 5.11. The Morgan fingerprint density at radius 2 is 1.97 bits per heavy atom. The van der Waals surface area contributed by atoms with Gasteiger partial charge in [0.05, 0.1) is 11.1 Å². The molecule has 0 aliphatic rings. The number of thiophene rings is 1. The van der Waals surface area contributed by atoms with E-state index in [1.165, 1.54) is 22.9 Å². The molecule has 2 heterocycles. The Labute approximate surface area is 188 Å². The van der Waals surface area contributed by atoms with Crippen LogP contribution in [0.2, 0.25) is 5.02 Å². The third-order valence-corrected chi connectivity index (χ3v) is 7.32. The lowest BCUT2D eigenvalue weighted by Gasteiger charge is -2.10. The highest BCUT2D eigenvalue weighted by molar-refractivity contribution is 8.00. The number of nitrogens with one attached hydrogen (secondary N) is 1. The summed E-state index contributed by atoms with van der Waals surface area (Å²) in [6.45, 7) is 6.11. The van der Waals surface area contributed by atoms with E-state index in [0.717, 1.165) is 37.6 Å². The van der Waals surface area contributed by atoms with Gasteiger partial charge in [0.2, 0.25) is 5.91 Å². The van der Waals surface area contributed by atoms with Crippen LogP contribution in [0.15, 0.2) is 53.1 Å². The highest BCUT2D eigenvalue weighted by Crippen LogP contribution is 2.38. The van der Waals surface area contributed by atoms with Gasteiger partial charge in [0.15, 0.2) is 0 Å². The summed E-state index contributed by atoms with van der Waals surface area (Å²) in [5.41, 5.74) is 6.34. The van der Waals surface area contributed by atoms with Crippen LogP contribution in [0.4, 0.5) is 5.69 Å². The van der Waals surface area contributed by atoms with Gasteiger partial charge in [0.25, 0.3) is 0 Å². The van der Waals surface area contributed by atoms with Crippen LogP contribution in [0.1, 0.15) is 16.7 Å². The molecule has 30 heavy (non-hydrogen) atoms. The number of hydrogen-bond donors (Lipinski definition) is 1. The molecule has 2 aromatic carbocycles. The van der Waals surface area contributed by atoms with Crippen molar-refractivity contribution in [3.8, 4) is 11.1 Å². The number of hydrogen-bond acceptors (Lipinski definition) is 5. The van der Waals surface area contributed by atoms with E-state index in [4.69, 9.17) is 11.6 Å². The standard InChI is InChI=1S/C23H20ClN3OS2/c1-13-7-8-16(9-14(13)2)17-10-29-22-21(17)23(26-12-25-22)30-11-20(28)27-19-6-4-5-18(24)15(19)3/h4-10,12H,11H2,1-3H3,(H,27,28). The van der Waals surface area contributed by atoms with E-state index in [2.05, 4.69) is 52.7 Å². The summed E-state index contributed by atoms with van der Waals surface area (Å²) >= 11 is 9.16. The number of aryl methyl sites for hydroxylation is 2. The number of nitrogens with zero attached hydrogens (tertiary/aromatic N) is 2. The average Bonchev–Trinajstić information content (AvgIpc) is 3.17. The van der Waals surface area contributed by atoms with Crippen LogP contribution in [0.5, 0.6) is 0 Å². The van der Waals surface area contributed by atoms with E-state index in [1.807, 2.05) is 25.1 Å². The van der Waals surface area contributed by atoms with Gasteiger partial charge in [-0.25, -0.2) is 9.97 Å². The lowest BCUT2D eigenvalue weighted by molar-refractivity contribution is -0.113. The monoisotopic (exact) mass is 453 g/mol. The van der Waals surface area contributed by atoms with Crippen molar-refractivity contribution < 1.29 is 4.79 Å². The predicted molar refractivity (Wildman–Crippen MR) is 128 cm³/mol. The zero-order valence-corrected chi connectivity index (χ0v) is 19.2. The lowest BCUT2D eigenvalue weighted by atomic mass is 10.0. The molecule has 0 saturated heterocycles. The summed E-state index contributed by atoms with van der Waals surface area (Å²) in [4.78, 5) is 22.4. The molecule has 0 atom stereocenters. The van der Waals surface area contributed by atoms with E-state index >= 15 is 0 Å². The summed E-state index contributed by atoms with van der Waals surface area (Å²) < 4.78 is 0. The van der Waals surface area contributed by atoms with E-state index in [0.29, 0.717) is 5.02 Å². The molecule has 4 nitrogen and oxygen atoms in total. The maximum Gasteiger partial charge on any atom is 0.234 e. The SMILES string of the molecule is Cc1ccc(-c2csc3ncnc(SCC(=O)Nc4cccc(Cl)c4C)c23)cc1C. The number of carbonyl (C=O) groups is 1. The van der Waals surface area contributed by atoms with Gasteiger partial charge in [-0.15, -0.1) is 11.3 Å². The Bertz CT molecular complexity index is 1250.